The number of cyclic esters (lactones) is 1. The van der Waals surface area contributed by atoms with Crippen LogP contribution in [0.15, 0.2) is 35.6 Å². The fourth-order valence-electron chi connectivity index (χ4n) is 3.18. The van der Waals surface area contributed by atoms with Crippen LogP contribution in [0.2, 0.25) is 0 Å². The van der Waals surface area contributed by atoms with Gasteiger partial charge in [-0.05, 0) is 44.3 Å². The van der Waals surface area contributed by atoms with Crippen LogP contribution in [0, 0.1) is 11.8 Å². The molecule has 152 valence electrons. The highest BCUT2D eigenvalue weighted by Crippen LogP contribution is 2.27. The third kappa shape index (κ3) is 5.78. The van der Waals surface area contributed by atoms with Crippen molar-refractivity contribution in [2.24, 2.45) is 11.8 Å². The molecule has 0 aromatic carbocycles. The number of hydrogen-bond acceptors (Lipinski definition) is 6. The van der Waals surface area contributed by atoms with Gasteiger partial charge in [0.2, 0.25) is 0 Å². The van der Waals surface area contributed by atoms with Gasteiger partial charge in [-0.3, -0.25) is 9.59 Å². The van der Waals surface area contributed by atoms with E-state index in [4.69, 9.17) is 9.47 Å². The summed E-state index contributed by atoms with van der Waals surface area (Å²) in [6.07, 6.45) is 4.17. The normalized spacial score (nSPS) is 31.5. The number of carbonyl (C=O) groups excluding carboxylic acids is 2. The zero-order valence-corrected chi connectivity index (χ0v) is 16.9. The van der Waals surface area contributed by atoms with Gasteiger partial charge in [-0.15, -0.1) is 0 Å². The molecule has 0 saturated carbocycles. The van der Waals surface area contributed by atoms with Crippen LogP contribution >= 0.6 is 0 Å². The average molecular weight is 380 g/mol. The highest BCUT2D eigenvalue weighted by atomic mass is 16.5. The maximum atomic E-state index is 12.7. The molecular weight excluding hydrogens is 348 g/mol. The van der Waals surface area contributed by atoms with Crippen molar-refractivity contribution in [3.63, 3.8) is 0 Å². The van der Waals surface area contributed by atoms with E-state index >= 15 is 0 Å². The van der Waals surface area contributed by atoms with Crippen LogP contribution in [-0.4, -0.2) is 47.4 Å². The standard InChI is InChI=1S/C21H32O6/c1-7-18-15(4)9-13(2)8-14(3)10-17(26-6)11-19(23)21(25,12-22)16(5)20(24)27-18/h9-10,14,16,18,22,25H,2,7-8,11-12H2,1,3-6H3. The number of esters is 1. The van der Waals surface area contributed by atoms with Crippen molar-refractivity contribution in [3.05, 3.63) is 35.6 Å². The van der Waals surface area contributed by atoms with Crippen molar-refractivity contribution in [3.8, 4) is 0 Å². The van der Waals surface area contributed by atoms with E-state index in [1.165, 1.54) is 14.0 Å². The molecule has 27 heavy (non-hydrogen) atoms. The fraction of sp³-hybridized carbons (Fsp3) is 0.619. The number of aliphatic hydroxyl groups excluding tert-OH is 1. The summed E-state index contributed by atoms with van der Waals surface area (Å²) in [6, 6.07) is 0. The van der Waals surface area contributed by atoms with Crippen molar-refractivity contribution in [1.82, 2.24) is 0 Å². The molecule has 1 rings (SSSR count). The van der Waals surface area contributed by atoms with Gasteiger partial charge in [0.15, 0.2) is 11.4 Å². The van der Waals surface area contributed by atoms with Gasteiger partial charge in [-0.25, -0.2) is 0 Å². The van der Waals surface area contributed by atoms with E-state index < -0.39 is 36.0 Å². The van der Waals surface area contributed by atoms with E-state index in [-0.39, 0.29) is 12.3 Å². The van der Waals surface area contributed by atoms with Gasteiger partial charge >= 0.3 is 5.97 Å². The third-order valence-electron chi connectivity index (χ3n) is 5.01. The highest BCUT2D eigenvalue weighted by molar-refractivity contribution is 5.93. The van der Waals surface area contributed by atoms with Crippen molar-refractivity contribution >= 4 is 11.8 Å². The predicted octanol–water partition coefficient (Wildman–Crippen LogP) is 2.70. The molecule has 0 saturated heterocycles. The molecule has 2 N–H and O–H groups in total. The maximum Gasteiger partial charge on any atom is 0.312 e. The topological polar surface area (TPSA) is 93.1 Å². The Kier molecular flexibility index (Phi) is 8.44. The molecule has 1 aliphatic rings. The average Bonchev–Trinajstić information content (AvgIpc) is 2.62. The summed E-state index contributed by atoms with van der Waals surface area (Å²) in [4.78, 5) is 25.2. The highest BCUT2D eigenvalue weighted by Gasteiger charge is 2.46. The number of carbonyl (C=O) groups is 2. The molecule has 6 nitrogen and oxygen atoms in total. The Labute approximate surface area is 161 Å². The van der Waals surface area contributed by atoms with Gasteiger partial charge in [-0.1, -0.05) is 32.1 Å². The summed E-state index contributed by atoms with van der Waals surface area (Å²) < 4.78 is 10.8. The van der Waals surface area contributed by atoms with Crippen molar-refractivity contribution in [2.75, 3.05) is 13.7 Å². The lowest BCUT2D eigenvalue weighted by atomic mass is 9.83. The summed E-state index contributed by atoms with van der Waals surface area (Å²) in [6.45, 7) is 10.3. The molecule has 0 bridgehead atoms. The second-order valence-corrected chi connectivity index (χ2v) is 7.30. The van der Waals surface area contributed by atoms with E-state index in [2.05, 4.69) is 6.58 Å². The molecular formula is C21H32O6. The zero-order chi connectivity index (χ0) is 20.8. The third-order valence-corrected chi connectivity index (χ3v) is 5.01. The molecule has 1 heterocycles. The molecule has 0 aromatic heterocycles. The summed E-state index contributed by atoms with van der Waals surface area (Å²) >= 11 is 0. The van der Waals surface area contributed by atoms with Crippen LogP contribution in [-0.2, 0) is 19.1 Å². The quantitative estimate of drug-likeness (QED) is 0.731. The Morgan fingerprint density at radius 2 is 2.00 bits per heavy atom. The monoisotopic (exact) mass is 380 g/mol. The molecule has 0 amide bonds. The first-order valence-electron chi connectivity index (χ1n) is 9.26. The van der Waals surface area contributed by atoms with Crippen LogP contribution in [0.4, 0.5) is 0 Å². The minimum atomic E-state index is -2.23. The van der Waals surface area contributed by atoms with Crippen molar-refractivity contribution in [1.29, 1.82) is 0 Å². The van der Waals surface area contributed by atoms with E-state index in [0.717, 1.165) is 11.1 Å². The van der Waals surface area contributed by atoms with E-state index in [1.54, 1.807) is 6.08 Å². The Morgan fingerprint density at radius 3 is 2.52 bits per heavy atom. The minimum Gasteiger partial charge on any atom is -0.501 e. The SMILES string of the molecule is C=C1C=C(C)C(CC)OC(=O)C(C)C(O)(CO)C(=O)CC(OC)=CC(C)C1. The first-order valence-corrected chi connectivity index (χ1v) is 9.26. The van der Waals surface area contributed by atoms with Gasteiger partial charge in [-0.2, -0.15) is 0 Å². The number of aliphatic hydroxyl groups is 2. The summed E-state index contributed by atoms with van der Waals surface area (Å²) in [5, 5.41) is 20.4. The largest absolute Gasteiger partial charge is 0.501 e. The molecule has 1 aliphatic heterocycles. The molecule has 6 heteroatoms. The van der Waals surface area contributed by atoms with Crippen molar-refractivity contribution in [2.45, 2.75) is 58.7 Å². The first kappa shape index (κ1) is 23.1. The number of ether oxygens (including phenoxy) is 2. The molecule has 0 aromatic rings. The Balaban J connectivity index is 3.38. The molecule has 0 spiro atoms. The molecule has 4 atom stereocenters. The molecule has 4 unspecified atom stereocenters. The van der Waals surface area contributed by atoms with Crippen LogP contribution in [0.1, 0.15) is 47.0 Å². The fourth-order valence-corrected chi connectivity index (χ4v) is 3.18. The van der Waals surface area contributed by atoms with Crippen LogP contribution < -0.4 is 0 Å². The second kappa shape index (κ2) is 9.85. The molecule has 0 radical (unpaired) electrons. The van der Waals surface area contributed by atoms with Crippen LogP contribution in [0.3, 0.4) is 0 Å². The number of rotatable bonds is 3. The van der Waals surface area contributed by atoms with E-state index in [1.807, 2.05) is 26.8 Å². The number of methoxy groups -OCH3 is 1. The number of allylic oxidation sites excluding steroid dienone is 4. The van der Waals surface area contributed by atoms with Crippen LogP contribution in [0.5, 0.6) is 0 Å². The molecule has 0 aliphatic carbocycles. The van der Waals surface area contributed by atoms with Crippen LogP contribution in [0.25, 0.3) is 0 Å². The molecule has 0 fully saturated rings. The maximum absolute atomic E-state index is 12.7. The summed E-state index contributed by atoms with van der Waals surface area (Å²) in [5.41, 5.74) is -0.520. The lowest BCUT2D eigenvalue weighted by Gasteiger charge is -2.31. The lowest BCUT2D eigenvalue weighted by molar-refractivity contribution is -0.171. The summed E-state index contributed by atoms with van der Waals surface area (Å²) in [5.74, 6) is -2.23. The van der Waals surface area contributed by atoms with Gasteiger partial charge in [0.25, 0.3) is 0 Å². The van der Waals surface area contributed by atoms with Gasteiger partial charge in [0.1, 0.15) is 6.10 Å². The number of ketones is 1. The zero-order valence-electron chi connectivity index (χ0n) is 16.9. The van der Waals surface area contributed by atoms with Crippen molar-refractivity contribution < 1.29 is 29.3 Å². The number of hydrogen-bond donors (Lipinski definition) is 2. The van der Waals surface area contributed by atoms with E-state index in [9.17, 15) is 19.8 Å². The van der Waals surface area contributed by atoms with Gasteiger partial charge < -0.3 is 19.7 Å². The van der Waals surface area contributed by atoms with Gasteiger partial charge in [0, 0.05) is 0 Å². The van der Waals surface area contributed by atoms with Gasteiger partial charge in [0.05, 0.1) is 31.8 Å². The second-order valence-electron chi connectivity index (χ2n) is 7.30. The Morgan fingerprint density at radius 1 is 1.37 bits per heavy atom. The lowest BCUT2D eigenvalue weighted by Crippen LogP contribution is -2.52. The smallest absolute Gasteiger partial charge is 0.312 e. The van der Waals surface area contributed by atoms with E-state index in [0.29, 0.717) is 18.6 Å². The Hall–Kier alpha value is -1.92. The Bertz CT molecular complexity index is 633. The predicted molar refractivity (Wildman–Crippen MR) is 103 cm³/mol. The summed E-state index contributed by atoms with van der Waals surface area (Å²) in [7, 11) is 1.44. The number of Topliss-reactive ketones (excluding diaryl/α,β-unsaturated/α-hetero) is 1. The first-order chi connectivity index (χ1) is 12.6. The minimum absolute atomic E-state index is 0.0505.